The lowest BCUT2D eigenvalue weighted by atomic mass is 9.87. The van der Waals surface area contributed by atoms with Crippen molar-refractivity contribution in [3.05, 3.63) is 16.0 Å². The number of nitrogens with two attached hydrogens (primary N) is 1. The molecule has 122 valence electrons. The van der Waals surface area contributed by atoms with E-state index in [1.165, 1.54) is 12.8 Å². The maximum atomic E-state index is 12.3. The molecule has 1 heterocycles. The van der Waals surface area contributed by atoms with Gasteiger partial charge < -0.3 is 10.7 Å². The number of thioether (sulfide) groups is 1. The van der Waals surface area contributed by atoms with Gasteiger partial charge in [0.1, 0.15) is 5.69 Å². The van der Waals surface area contributed by atoms with E-state index in [9.17, 15) is 9.59 Å². The Labute approximate surface area is 134 Å². The van der Waals surface area contributed by atoms with Crippen LogP contribution in [0.2, 0.25) is 0 Å². The van der Waals surface area contributed by atoms with Gasteiger partial charge in [0.15, 0.2) is 0 Å². The summed E-state index contributed by atoms with van der Waals surface area (Å²) in [7, 11) is 1.85. The van der Waals surface area contributed by atoms with Crippen LogP contribution in [-0.2, 0) is 4.79 Å². The molecule has 1 fully saturated rings. The molecule has 0 bridgehead atoms. The van der Waals surface area contributed by atoms with Crippen molar-refractivity contribution >= 4 is 17.7 Å². The number of hydrogen-bond donors (Lipinski definition) is 1. The average molecular weight is 325 g/mol. The van der Waals surface area contributed by atoms with Gasteiger partial charge in [-0.15, -0.1) is 10.2 Å². The lowest BCUT2D eigenvalue weighted by Crippen LogP contribution is -2.40. The van der Waals surface area contributed by atoms with Crippen LogP contribution in [-0.4, -0.2) is 44.5 Å². The normalized spacial score (nSPS) is 21.6. The largest absolute Gasteiger partial charge is 0.342 e. The van der Waals surface area contributed by atoms with Crippen LogP contribution in [0.3, 0.4) is 0 Å². The smallest absolute Gasteiger partial charge is 0.294 e. The highest BCUT2D eigenvalue weighted by Gasteiger charge is 2.25. The third-order valence-electron chi connectivity index (χ3n) is 4.27. The lowest BCUT2D eigenvalue weighted by molar-refractivity contribution is -0.129. The summed E-state index contributed by atoms with van der Waals surface area (Å²) in [6, 6.07) is 0.313. The molecule has 2 N–H and O–H groups in total. The molecule has 0 unspecified atom stereocenters. The number of nitrogen functional groups attached to an aromatic ring is 1. The van der Waals surface area contributed by atoms with Crippen molar-refractivity contribution in [3.63, 3.8) is 0 Å². The van der Waals surface area contributed by atoms with Gasteiger partial charge in [0.2, 0.25) is 11.1 Å². The minimum Gasteiger partial charge on any atom is -0.342 e. The SMILES string of the molecule is Cc1nnc(SCC(=O)N(C)C2CCC(C)CC2)n(N)c1=O. The summed E-state index contributed by atoms with van der Waals surface area (Å²) in [5, 5.41) is 7.88. The van der Waals surface area contributed by atoms with Gasteiger partial charge in [0.25, 0.3) is 5.56 Å². The van der Waals surface area contributed by atoms with Gasteiger partial charge in [0.05, 0.1) is 5.75 Å². The standard InChI is InChI=1S/C14H23N5O2S/c1-9-4-6-11(7-5-9)18(3)12(20)8-22-14-17-16-10(2)13(21)19(14)15/h9,11H,4-8,15H2,1-3H3. The predicted octanol–water partition coefficient (Wildman–Crippen LogP) is 0.790. The third-order valence-corrected chi connectivity index (χ3v) is 5.20. The Morgan fingerprint density at radius 1 is 1.36 bits per heavy atom. The molecule has 0 atom stereocenters. The molecule has 1 aromatic heterocycles. The zero-order valence-corrected chi connectivity index (χ0v) is 14.1. The highest BCUT2D eigenvalue weighted by Crippen LogP contribution is 2.27. The van der Waals surface area contributed by atoms with Crippen LogP contribution in [0.25, 0.3) is 0 Å². The van der Waals surface area contributed by atoms with Crippen molar-refractivity contribution in [2.45, 2.75) is 50.7 Å². The molecule has 8 heteroatoms. The second kappa shape index (κ2) is 7.13. The molecule has 2 rings (SSSR count). The van der Waals surface area contributed by atoms with Crippen LogP contribution < -0.4 is 11.4 Å². The topological polar surface area (TPSA) is 94.1 Å². The second-order valence-corrected chi connectivity index (χ2v) is 6.89. The highest BCUT2D eigenvalue weighted by atomic mass is 32.2. The highest BCUT2D eigenvalue weighted by molar-refractivity contribution is 7.99. The van der Waals surface area contributed by atoms with Crippen molar-refractivity contribution in [1.82, 2.24) is 19.8 Å². The molecular formula is C14H23N5O2S. The average Bonchev–Trinajstić information content (AvgIpc) is 2.51. The lowest BCUT2D eigenvalue weighted by Gasteiger charge is -2.33. The van der Waals surface area contributed by atoms with Gasteiger partial charge in [-0.2, -0.15) is 4.68 Å². The van der Waals surface area contributed by atoms with Crippen molar-refractivity contribution in [3.8, 4) is 0 Å². The molecule has 0 radical (unpaired) electrons. The van der Waals surface area contributed by atoms with Crippen LogP contribution in [0.4, 0.5) is 0 Å². The molecule has 22 heavy (non-hydrogen) atoms. The summed E-state index contributed by atoms with van der Waals surface area (Å²) in [6.45, 7) is 3.81. The Bertz CT molecular complexity index is 595. The van der Waals surface area contributed by atoms with Crippen molar-refractivity contribution < 1.29 is 4.79 Å². The van der Waals surface area contributed by atoms with E-state index in [1.54, 1.807) is 6.92 Å². The van der Waals surface area contributed by atoms with E-state index in [0.29, 0.717) is 6.04 Å². The molecule has 0 saturated heterocycles. The summed E-state index contributed by atoms with van der Waals surface area (Å²) in [6.07, 6.45) is 4.45. The summed E-state index contributed by atoms with van der Waals surface area (Å²) in [5.74, 6) is 6.65. The first-order valence-electron chi connectivity index (χ1n) is 7.50. The molecule has 1 aliphatic rings. The van der Waals surface area contributed by atoms with E-state index in [-0.39, 0.29) is 28.1 Å². The van der Waals surface area contributed by atoms with E-state index in [0.717, 1.165) is 35.2 Å². The Morgan fingerprint density at radius 2 is 2.00 bits per heavy atom. The van der Waals surface area contributed by atoms with E-state index in [1.807, 2.05) is 11.9 Å². The first kappa shape index (κ1) is 16.8. The van der Waals surface area contributed by atoms with E-state index in [4.69, 9.17) is 5.84 Å². The van der Waals surface area contributed by atoms with E-state index >= 15 is 0 Å². The summed E-state index contributed by atoms with van der Waals surface area (Å²) >= 11 is 1.14. The fourth-order valence-corrected chi connectivity index (χ4v) is 3.41. The predicted molar refractivity (Wildman–Crippen MR) is 86.1 cm³/mol. The molecule has 7 nitrogen and oxygen atoms in total. The number of hydrogen-bond acceptors (Lipinski definition) is 6. The molecule has 1 saturated carbocycles. The van der Waals surface area contributed by atoms with Gasteiger partial charge in [-0.25, -0.2) is 0 Å². The monoisotopic (exact) mass is 325 g/mol. The molecule has 1 aliphatic carbocycles. The molecule has 0 aliphatic heterocycles. The zero-order chi connectivity index (χ0) is 16.3. The molecule has 1 aromatic rings. The molecule has 1 amide bonds. The number of carbonyl (C=O) groups is 1. The Balaban J connectivity index is 1.92. The fourth-order valence-electron chi connectivity index (χ4n) is 2.63. The minimum absolute atomic E-state index is 0.0272. The van der Waals surface area contributed by atoms with Crippen LogP contribution in [0.5, 0.6) is 0 Å². The van der Waals surface area contributed by atoms with Crippen LogP contribution in [0, 0.1) is 12.8 Å². The number of aryl methyl sites for hydroxylation is 1. The van der Waals surface area contributed by atoms with Gasteiger partial charge in [-0.3, -0.25) is 9.59 Å². The number of amides is 1. The number of nitrogens with zero attached hydrogens (tertiary/aromatic N) is 4. The Kier molecular flexibility index (Phi) is 5.44. The number of carbonyl (C=O) groups excluding carboxylic acids is 1. The minimum atomic E-state index is -0.389. The molecule has 0 aromatic carbocycles. The quantitative estimate of drug-likeness (QED) is 0.650. The van der Waals surface area contributed by atoms with Crippen molar-refractivity contribution in [2.75, 3.05) is 18.6 Å². The van der Waals surface area contributed by atoms with Crippen LogP contribution in [0.15, 0.2) is 9.95 Å². The van der Waals surface area contributed by atoms with E-state index < -0.39 is 0 Å². The number of aromatic nitrogens is 3. The molecule has 0 spiro atoms. The summed E-state index contributed by atoms with van der Waals surface area (Å²) in [5.41, 5.74) is -0.147. The van der Waals surface area contributed by atoms with Gasteiger partial charge in [-0.05, 0) is 38.5 Å². The van der Waals surface area contributed by atoms with Crippen molar-refractivity contribution in [1.29, 1.82) is 0 Å². The fraction of sp³-hybridized carbons (Fsp3) is 0.714. The maximum absolute atomic E-state index is 12.3. The van der Waals surface area contributed by atoms with Gasteiger partial charge in [-0.1, -0.05) is 18.7 Å². The Hall–Kier alpha value is -1.57. The van der Waals surface area contributed by atoms with Crippen LogP contribution >= 0.6 is 11.8 Å². The maximum Gasteiger partial charge on any atom is 0.294 e. The first-order valence-corrected chi connectivity index (χ1v) is 8.48. The summed E-state index contributed by atoms with van der Waals surface area (Å²) < 4.78 is 0.947. The number of rotatable bonds is 4. The van der Waals surface area contributed by atoms with E-state index in [2.05, 4.69) is 17.1 Å². The molecular weight excluding hydrogens is 302 g/mol. The Morgan fingerprint density at radius 3 is 2.64 bits per heavy atom. The van der Waals surface area contributed by atoms with Gasteiger partial charge in [0, 0.05) is 13.1 Å². The first-order chi connectivity index (χ1) is 10.4. The third kappa shape index (κ3) is 3.79. The zero-order valence-electron chi connectivity index (χ0n) is 13.3. The second-order valence-electron chi connectivity index (χ2n) is 5.95. The van der Waals surface area contributed by atoms with Gasteiger partial charge >= 0.3 is 0 Å². The van der Waals surface area contributed by atoms with Crippen LogP contribution in [0.1, 0.15) is 38.3 Å². The van der Waals surface area contributed by atoms with Crippen molar-refractivity contribution in [2.24, 2.45) is 5.92 Å². The summed E-state index contributed by atoms with van der Waals surface area (Å²) in [4.78, 5) is 25.8.